The lowest BCUT2D eigenvalue weighted by atomic mass is 10.1. The van der Waals surface area contributed by atoms with Crippen LogP contribution in [0.1, 0.15) is 34.6 Å². The highest BCUT2D eigenvalue weighted by Crippen LogP contribution is 2.24. The lowest BCUT2D eigenvalue weighted by molar-refractivity contribution is -0.128. The zero-order valence-corrected chi connectivity index (χ0v) is 12.5. The molecule has 0 saturated heterocycles. The lowest BCUT2D eigenvalue weighted by Crippen LogP contribution is -2.51. The molecule has 8 nitrogen and oxygen atoms in total. The second-order valence-corrected chi connectivity index (χ2v) is 5.08. The van der Waals surface area contributed by atoms with E-state index in [1.165, 1.54) is 26.0 Å². The van der Waals surface area contributed by atoms with Crippen LogP contribution in [-0.2, 0) is 9.59 Å². The van der Waals surface area contributed by atoms with Gasteiger partial charge < -0.3 is 10.8 Å². The molecule has 1 aliphatic rings. The van der Waals surface area contributed by atoms with Gasteiger partial charge in [-0.05, 0) is 26.0 Å². The van der Waals surface area contributed by atoms with Crippen molar-refractivity contribution in [2.45, 2.75) is 25.9 Å². The summed E-state index contributed by atoms with van der Waals surface area (Å²) in [5, 5.41) is 2.37. The van der Waals surface area contributed by atoms with E-state index in [0.717, 1.165) is 4.90 Å². The number of hydrogen-bond donors (Lipinski definition) is 1. The molecular formula is C15H14N4O4. The fraction of sp³-hybridized carbons (Fsp3) is 0.267. The number of fused-ring (bicyclic) bond motifs is 1. The van der Waals surface area contributed by atoms with E-state index in [-0.39, 0.29) is 11.1 Å². The molecule has 0 aromatic heterocycles. The molecule has 1 aromatic carbocycles. The summed E-state index contributed by atoms with van der Waals surface area (Å²) in [6, 6.07) is 4.27. The van der Waals surface area contributed by atoms with Crippen molar-refractivity contribution in [3.8, 4) is 0 Å². The van der Waals surface area contributed by atoms with E-state index in [4.69, 9.17) is 5.53 Å². The zero-order valence-electron chi connectivity index (χ0n) is 12.5. The zero-order chi connectivity index (χ0) is 17.1. The van der Waals surface area contributed by atoms with Crippen LogP contribution in [0.3, 0.4) is 0 Å². The van der Waals surface area contributed by atoms with Gasteiger partial charge in [-0.3, -0.25) is 24.1 Å². The van der Waals surface area contributed by atoms with Crippen LogP contribution < -0.4 is 5.32 Å². The summed E-state index contributed by atoms with van der Waals surface area (Å²) in [5.74, 6) is -2.38. The van der Waals surface area contributed by atoms with Gasteiger partial charge in [0.1, 0.15) is 6.04 Å². The molecule has 0 bridgehead atoms. The molecule has 0 spiro atoms. The second-order valence-electron chi connectivity index (χ2n) is 5.08. The Morgan fingerprint density at radius 3 is 2.17 bits per heavy atom. The Balaban J connectivity index is 2.15. The van der Waals surface area contributed by atoms with Crippen molar-refractivity contribution in [2.75, 3.05) is 0 Å². The van der Waals surface area contributed by atoms with E-state index < -0.39 is 35.6 Å². The second kappa shape index (κ2) is 6.33. The quantitative estimate of drug-likeness (QED) is 0.357. The van der Waals surface area contributed by atoms with Gasteiger partial charge in [0.05, 0.1) is 17.2 Å². The number of Topliss-reactive ketones (excluding diaryl/α,β-unsaturated/α-hetero) is 1. The molecule has 23 heavy (non-hydrogen) atoms. The van der Waals surface area contributed by atoms with Gasteiger partial charge in [0.15, 0.2) is 0 Å². The average Bonchev–Trinajstić information content (AvgIpc) is 2.78. The van der Waals surface area contributed by atoms with Crippen LogP contribution in [-0.4, -0.2) is 51.5 Å². The number of rotatable bonds is 5. The molecule has 3 amide bonds. The number of imide groups is 1. The number of nitrogens with zero attached hydrogens (tertiary/aromatic N) is 3. The molecule has 0 saturated carbocycles. The van der Waals surface area contributed by atoms with Crippen molar-refractivity contribution >= 4 is 29.7 Å². The summed E-state index contributed by atoms with van der Waals surface area (Å²) >= 11 is 0. The van der Waals surface area contributed by atoms with Crippen molar-refractivity contribution in [1.82, 2.24) is 10.2 Å². The Kier molecular flexibility index (Phi) is 4.47. The predicted molar refractivity (Wildman–Crippen MR) is 78.7 cm³/mol. The van der Waals surface area contributed by atoms with Gasteiger partial charge >= 0.3 is 6.21 Å². The van der Waals surface area contributed by atoms with Crippen molar-refractivity contribution in [2.24, 2.45) is 0 Å². The first kappa shape index (κ1) is 16.3. The molecule has 1 heterocycles. The number of carbonyl (C=O) groups is 4. The largest absolute Gasteiger partial charge is 0.361 e. The van der Waals surface area contributed by atoms with Crippen molar-refractivity contribution in [1.29, 1.82) is 0 Å². The summed E-state index contributed by atoms with van der Waals surface area (Å²) in [7, 11) is 0. The fourth-order valence-corrected chi connectivity index (χ4v) is 2.25. The van der Waals surface area contributed by atoms with Gasteiger partial charge in [0.2, 0.25) is 5.91 Å². The first-order chi connectivity index (χ1) is 10.9. The molecule has 118 valence electrons. The third-order valence-electron chi connectivity index (χ3n) is 3.56. The highest BCUT2D eigenvalue weighted by Gasteiger charge is 2.40. The van der Waals surface area contributed by atoms with Crippen LogP contribution in [0, 0.1) is 0 Å². The van der Waals surface area contributed by atoms with Crippen LogP contribution in [0.2, 0.25) is 0 Å². The van der Waals surface area contributed by atoms with Crippen LogP contribution >= 0.6 is 0 Å². The Morgan fingerprint density at radius 1 is 1.17 bits per heavy atom. The van der Waals surface area contributed by atoms with Crippen LogP contribution in [0.25, 0.3) is 5.53 Å². The molecule has 1 aromatic rings. The van der Waals surface area contributed by atoms with E-state index in [9.17, 15) is 19.2 Å². The summed E-state index contributed by atoms with van der Waals surface area (Å²) < 4.78 is 0. The van der Waals surface area contributed by atoms with Crippen molar-refractivity contribution in [3.05, 3.63) is 40.9 Å². The van der Waals surface area contributed by atoms with Gasteiger partial charge in [0.25, 0.3) is 17.6 Å². The minimum absolute atomic E-state index is 0.244. The van der Waals surface area contributed by atoms with Crippen LogP contribution in [0.4, 0.5) is 0 Å². The number of amides is 3. The third kappa shape index (κ3) is 2.93. The molecule has 0 fully saturated rings. The maximum absolute atomic E-state index is 12.3. The molecule has 1 aliphatic heterocycles. The minimum atomic E-state index is -1.08. The molecule has 0 aliphatic carbocycles. The summed E-state index contributed by atoms with van der Waals surface area (Å²) in [4.78, 5) is 51.6. The first-order valence-corrected chi connectivity index (χ1v) is 6.87. The molecule has 0 radical (unpaired) electrons. The van der Waals surface area contributed by atoms with Gasteiger partial charge in [0, 0.05) is 0 Å². The van der Waals surface area contributed by atoms with E-state index in [0.29, 0.717) is 6.21 Å². The number of nitrogens with one attached hydrogen (secondary N) is 1. The van der Waals surface area contributed by atoms with E-state index >= 15 is 0 Å². The smallest absolute Gasteiger partial charge is 0.325 e. The van der Waals surface area contributed by atoms with Crippen molar-refractivity contribution in [3.63, 3.8) is 0 Å². The van der Waals surface area contributed by atoms with Gasteiger partial charge in [-0.25, -0.2) is 0 Å². The molecule has 8 heteroatoms. The normalized spacial score (nSPS) is 15.5. The number of benzene rings is 1. The van der Waals surface area contributed by atoms with E-state index in [2.05, 4.69) is 10.1 Å². The number of hydrogen-bond acceptors (Lipinski definition) is 4. The van der Waals surface area contributed by atoms with Crippen LogP contribution in [0.5, 0.6) is 0 Å². The molecule has 2 rings (SSSR count). The maximum Gasteiger partial charge on any atom is 0.325 e. The lowest BCUT2D eigenvalue weighted by Gasteiger charge is -2.22. The molecule has 2 atom stereocenters. The van der Waals surface area contributed by atoms with Crippen LogP contribution in [0.15, 0.2) is 24.3 Å². The first-order valence-electron chi connectivity index (χ1n) is 6.87. The minimum Gasteiger partial charge on any atom is -0.361 e. The Bertz CT molecular complexity index is 717. The SMILES string of the molecule is C[C@@H](NC(=O)[C@H](C)N1C(=O)c2ccccc2C1=O)C(=O)C=[N+]=[N-]. The predicted octanol–water partition coefficient (Wildman–Crippen LogP) is 0.0455. The Morgan fingerprint density at radius 2 is 1.70 bits per heavy atom. The summed E-state index contributed by atoms with van der Waals surface area (Å²) in [6.45, 7) is 2.80. The highest BCUT2D eigenvalue weighted by atomic mass is 16.2. The molecule has 0 unspecified atom stereocenters. The van der Waals surface area contributed by atoms with E-state index in [1.807, 2.05) is 0 Å². The number of carbonyl (C=O) groups excluding carboxylic acids is 4. The average molecular weight is 314 g/mol. The van der Waals surface area contributed by atoms with Gasteiger partial charge in [-0.2, -0.15) is 4.79 Å². The van der Waals surface area contributed by atoms with E-state index in [1.54, 1.807) is 12.1 Å². The van der Waals surface area contributed by atoms with Gasteiger partial charge in [-0.15, -0.1) is 0 Å². The molecule has 1 N–H and O–H groups in total. The Hall–Kier alpha value is -3.12. The fourth-order valence-electron chi connectivity index (χ4n) is 2.25. The summed E-state index contributed by atoms with van der Waals surface area (Å²) in [5.41, 5.74) is 8.80. The summed E-state index contributed by atoms with van der Waals surface area (Å²) in [6.07, 6.45) is 0.664. The third-order valence-corrected chi connectivity index (χ3v) is 3.56. The van der Waals surface area contributed by atoms with Gasteiger partial charge in [-0.1, -0.05) is 12.1 Å². The maximum atomic E-state index is 12.3. The Labute approximate surface area is 131 Å². The topological polar surface area (TPSA) is 120 Å². The highest BCUT2D eigenvalue weighted by molar-refractivity contribution is 6.28. The number of ketones is 1. The van der Waals surface area contributed by atoms with Crippen molar-refractivity contribution < 1.29 is 24.0 Å². The monoisotopic (exact) mass is 314 g/mol. The standard InChI is InChI=1S/C15H14N4O4/c1-8(12(20)7-17-16)18-13(21)9(2)19-14(22)10-5-3-4-6-11(10)15(19)23/h3-9H,1-2H3,(H,18,21)/t8-,9+/m1/s1. The molecular weight excluding hydrogens is 300 g/mol.